The van der Waals surface area contributed by atoms with Crippen LogP contribution in [0, 0.1) is 6.92 Å². The zero-order valence-electron chi connectivity index (χ0n) is 20.3. The van der Waals surface area contributed by atoms with Crippen LogP contribution in [0.2, 0.25) is 10.0 Å². The van der Waals surface area contributed by atoms with E-state index in [4.69, 9.17) is 37.4 Å². The molecule has 1 fully saturated rings. The van der Waals surface area contributed by atoms with Crippen LogP contribution in [0.15, 0.2) is 65.6 Å². The number of hydrogen-bond donors (Lipinski definition) is 0. The molecule has 2 amide bonds. The topological polar surface area (TPSA) is 65.1 Å². The van der Waals surface area contributed by atoms with Crippen molar-refractivity contribution >= 4 is 52.2 Å². The summed E-state index contributed by atoms with van der Waals surface area (Å²) >= 11 is 13.3. The lowest BCUT2D eigenvalue weighted by atomic mass is 10.1. The highest BCUT2D eigenvalue weighted by Gasteiger charge is 2.35. The molecule has 0 aromatic heterocycles. The van der Waals surface area contributed by atoms with Gasteiger partial charge in [0.2, 0.25) is 0 Å². The van der Waals surface area contributed by atoms with Crippen molar-refractivity contribution in [3.63, 3.8) is 0 Å². The van der Waals surface area contributed by atoms with Gasteiger partial charge in [0, 0.05) is 15.6 Å². The van der Waals surface area contributed by atoms with E-state index in [9.17, 15) is 9.59 Å². The minimum Gasteiger partial charge on any atom is -0.490 e. The summed E-state index contributed by atoms with van der Waals surface area (Å²) in [6.07, 6.45) is 1.66. The van der Waals surface area contributed by atoms with Gasteiger partial charge in [-0.15, -0.1) is 0 Å². The third-order valence-corrected chi connectivity index (χ3v) is 7.06. The summed E-state index contributed by atoms with van der Waals surface area (Å²) in [5.74, 6) is 1.47. The molecule has 9 heteroatoms. The van der Waals surface area contributed by atoms with Gasteiger partial charge >= 0.3 is 0 Å². The fourth-order valence-electron chi connectivity index (χ4n) is 3.58. The number of carbonyl (C=O) groups is 2. The molecule has 0 spiro atoms. The zero-order chi connectivity index (χ0) is 26.4. The summed E-state index contributed by atoms with van der Waals surface area (Å²) in [6.45, 7) is 5.04. The first-order chi connectivity index (χ1) is 17.9. The molecule has 0 unspecified atom stereocenters. The Balaban J connectivity index is 1.43. The normalized spacial score (nSPS) is 14.4. The molecule has 6 nitrogen and oxygen atoms in total. The number of rotatable bonds is 10. The van der Waals surface area contributed by atoms with Crippen LogP contribution >= 0.6 is 35.0 Å². The van der Waals surface area contributed by atoms with E-state index in [0.29, 0.717) is 57.4 Å². The standard InChI is InChI=1S/C28H25Cl2NO5S/c1-3-34-25-15-19(9-12-24(25)36-14-13-35-20-10-7-18(2)8-11-20)16-26-27(32)31(28(33)37-26)17-21-22(29)5-4-6-23(21)30/h4-12,15-16H,3,13-14,17H2,1-2H3/b26-16-. The van der Waals surface area contributed by atoms with Crippen molar-refractivity contribution in [2.45, 2.75) is 20.4 Å². The van der Waals surface area contributed by atoms with Crippen molar-refractivity contribution in [1.82, 2.24) is 4.90 Å². The molecule has 4 rings (SSSR count). The van der Waals surface area contributed by atoms with E-state index in [2.05, 4.69) is 0 Å². The first kappa shape index (κ1) is 26.9. The molecule has 3 aromatic rings. The van der Waals surface area contributed by atoms with E-state index in [1.165, 1.54) is 5.56 Å². The molecule has 1 aliphatic rings. The second-order valence-corrected chi connectivity index (χ2v) is 9.92. The Bertz CT molecular complexity index is 1310. The van der Waals surface area contributed by atoms with E-state index >= 15 is 0 Å². The lowest BCUT2D eigenvalue weighted by Crippen LogP contribution is -2.27. The Kier molecular flexibility index (Phi) is 9.03. The SMILES string of the molecule is CCOc1cc(/C=C2\SC(=O)N(Cc3c(Cl)cccc3Cl)C2=O)ccc1OCCOc1ccc(C)cc1. The third kappa shape index (κ3) is 6.80. The first-order valence-electron chi connectivity index (χ1n) is 11.6. The number of benzene rings is 3. The highest BCUT2D eigenvalue weighted by Crippen LogP contribution is 2.37. The van der Waals surface area contributed by atoms with Crippen LogP contribution in [0.3, 0.4) is 0 Å². The Hall–Kier alpha value is -3.13. The molecule has 0 bridgehead atoms. The van der Waals surface area contributed by atoms with Crippen molar-refractivity contribution in [3.05, 3.63) is 92.3 Å². The average molecular weight is 558 g/mol. The molecular weight excluding hydrogens is 533 g/mol. The minimum absolute atomic E-state index is 0.00213. The quantitative estimate of drug-likeness (QED) is 0.191. The molecule has 0 N–H and O–H groups in total. The van der Waals surface area contributed by atoms with Crippen LogP contribution in [0.5, 0.6) is 17.2 Å². The van der Waals surface area contributed by atoms with Crippen LogP contribution < -0.4 is 14.2 Å². The molecular formula is C28H25Cl2NO5S. The van der Waals surface area contributed by atoms with Crippen molar-refractivity contribution in [2.24, 2.45) is 0 Å². The Labute approximate surface area is 230 Å². The van der Waals surface area contributed by atoms with Gasteiger partial charge in [-0.05, 0) is 73.6 Å². The number of imide groups is 1. The molecule has 192 valence electrons. The Morgan fingerprint density at radius 2 is 1.59 bits per heavy atom. The number of carbonyl (C=O) groups excluding carboxylic acids is 2. The minimum atomic E-state index is -0.405. The van der Waals surface area contributed by atoms with Gasteiger partial charge in [0.05, 0.1) is 18.1 Å². The lowest BCUT2D eigenvalue weighted by molar-refractivity contribution is -0.123. The van der Waals surface area contributed by atoms with Crippen LogP contribution in [0.1, 0.15) is 23.6 Å². The fourth-order valence-corrected chi connectivity index (χ4v) is 4.93. The number of amides is 2. The summed E-state index contributed by atoms with van der Waals surface area (Å²) in [7, 11) is 0. The van der Waals surface area contributed by atoms with Gasteiger partial charge in [0.15, 0.2) is 11.5 Å². The molecule has 37 heavy (non-hydrogen) atoms. The number of hydrogen-bond acceptors (Lipinski definition) is 6. The van der Waals surface area contributed by atoms with Crippen LogP contribution in [0.25, 0.3) is 6.08 Å². The van der Waals surface area contributed by atoms with Crippen molar-refractivity contribution in [1.29, 1.82) is 0 Å². The molecule has 0 aliphatic carbocycles. The molecule has 1 heterocycles. The van der Waals surface area contributed by atoms with Gasteiger partial charge in [-0.2, -0.15) is 0 Å². The monoisotopic (exact) mass is 557 g/mol. The van der Waals surface area contributed by atoms with Crippen LogP contribution in [-0.4, -0.2) is 35.9 Å². The maximum atomic E-state index is 13.0. The van der Waals surface area contributed by atoms with E-state index in [-0.39, 0.29) is 11.8 Å². The fraction of sp³-hybridized carbons (Fsp3) is 0.214. The number of ether oxygens (including phenoxy) is 3. The zero-order valence-corrected chi connectivity index (χ0v) is 22.7. The smallest absolute Gasteiger partial charge is 0.293 e. The number of halogens is 2. The van der Waals surface area contributed by atoms with Crippen LogP contribution in [0.4, 0.5) is 4.79 Å². The van der Waals surface area contributed by atoms with Gasteiger partial charge in [-0.25, -0.2) is 0 Å². The maximum absolute atomic E-state index is 13.0. The molecule has 1 aliphatic heterocycles. The van der Waals surface area contributed by atoms with Crippen molar-refractivity contribution in [3.8, 4) is 17.2 Å². The van der Waals surface area contributed by atoms with Crippen molar-refractivity contribution < 1.29 is 23.8 Å². The second-order valence-electron chi connectivity index (χ2n) is 8.12. The van der Waals surface area contributed by atoms with E-state index in [0.717, 1.165) is 22.4 Å². The van der Waals surface area contributed by atoms with Gasteiger partial charge in [0.1, 0.15) is 19.0 Å². The summed E-state index contributed by atoms with van der Waals surface area (Å²) < 4.78 is 17.3. The van der Waals surface area contributed by atoms with Gasteiger partial charge in [-0.1, -0.05) is 53.0 Å². The van der Waals surface area contributed by atoms with E-state index < -0.39 is 5.91 Å². The lowest BCUT2D eigenvalue weighted by Gasteiger charge is -2.15. The average Bonchev–Trinajstić information content (AvgIpc) is 3.13. The Morgan fingerprint density at radius 1 is 0.892 bits per heavy atom. The molecule has 3 aromatic carbocycles. The first-order valence-corrected chi connectivity index (χ1v) is 13.2. The van der Waals surface area contributed by atoms with Crippen LogP contribution in [-0.2, 0) is 11.3 Å². The predicted molar refractivity (Wildman–Crippen MR) is 148 cm³/mol. The largest absolute Gasteiger partial charge is 0.490 e. The van der Waals surface area contributed by atoms with Gasteiger partial charge in [0.25, 0.3) is 11.1 Å². The summed E-state index contributed by atoms with van der Waals surface area (Å²) in [6, 6.07) is 18.2. The summed E-state index contributed by atoms with van der Waals surface area (Å²) in [4.78, 5) is 27.0. The molecule has 0 atom stereocenters. The number of thioether (sulfide) groups is 1. The summed E-state index contributed by atoms with van der Waals surface area (Å²) in [5.41, 5.74) is 2.40. The second kappa shape index (κ2) is 12.4. The van der Waals surface area contributed by atoms with E-state index in [1.807, 2.05) is 38.1 Å². The summed E-state index contributed by atoms with van der Waals surface area (Å²) in [5, 5.41) is 0.416. The maximum Gasteiger partial charge on any atom is 0.293 e. The van der Waals surface area contributed by atoms with E-state index in [1.54, 1.807) is 42.5 Å². The number of aryl methyl sites for hydroxylation is 1. The highest BCUT2D eigenvalue weighted by molar-refractivity contribution is 8.18. The molecule has 1 saturated heterocycles. The molecule has 0 radical (unpaired) electrons. The predicted octanol–water partition coefficient (Wildman–Crippen LogP) is 7.39. The Morgan fingerprint density at radius 3 is 2.30 bits per heavy atom. The molecule has 0 saturated carbocycles. The third-order valence-electron chi connectivity index (χ3n) is 5.45. The van der Waals surface area contributed by atoms with Crippen molar-refractivity contribution in [2.75, 3.05) is 19.8 Å². The van der Waals surface area contributed by atoms with Gasteiger partial charge < -0.3 is 14.2 Å². The van der Waals surface area contributed by atoms with Gasteiger partial charge in [-0.3, -0.25) is 14.5 Å². The highest BCUT2D eigenvalue weighted by atomic mass is 35.5. The number of nitrogens with zero attached hydrogens (tertiary/aromatic N) is 1.